The zero-order valence-corrected chi connectivity index (χ0v) is 41.0. The number of allylic oxidation sites excluding steroid dienone is 20. The summed E-state index contributed by atoms with van der Waals surface area (Å²) in [4.78, 5) is 38.0. The van der Waals surface area contributed by atoms with E-state index in [1.165, 1.54) is 44.9 Å². The van der Waals surface area contributed by atoms with E-state index in [1.54, 1.807) is 0 Å². The Morgan fingerprint density at radius 3 is 1.20 bits per heavy atom. The number of rotatable bonds is 44. The fourth-order valence-corrected chi connectivity index (χ4v) is 6.48. The number of unbranched alkanes of at least 4 members (excludes halogenated alkanes) is 16. The van der Waals surface area contributed by atoms with Gasteiger partial charge in [-0.25, -0.2) is 0 Å². The van der Waals surface area contributed by atoms with Crippen molar-refractivity contribution in [3.8, 4) is 0 Å². The summed E-state index contributed by atoms with van der Waals surface area (Å²) in [5.74, 6) is -1.03. The lowest BCUT2D eigenvalue weighted by atomic mass is 10.1. The molecule has 1 atom stereocenters. The molecule has 0 rings (SSSR count). The first-order chi connectivity index (χ1) is 31.5. The second-order valence-corrected chi connectivity index (χ2v) is 16.4. The SMILES string of the molecule is CC\C=C/C=C\C=C/C=C\CCCCCCCC(=O)OC(COC(=O)CCC/C=C\C/C=C\C/C=C\CCCCCCCC)COC(=O)CCCCCC/C=C\C/C=C\C/C=C\CC. The van der Waals surface area contributed by atoms with Crippen LogP contribution >= 0.6 is 0 Å². The van der Waals surface area contributed by atoms with E-state index in [4.69, 9.17) is 14.2 Å². The lowest BCUT2D eigenvalue weighted by Gasteiger charge is -2.18. The minimum absolute atomic E-state index is 0.119. The van der Waals surface area contributed by atoms with Crippen molar-refractivity contribution in [3.63, 3.8) is 0 Å². The van der Waals surface area contributed by atoms with E-state index in [1.807, 2.05) is 24.3 Å². The van der Waals surface area contributed by atoms with Crippen LogP contribution in [0.3, 0.4) is 0 Å². The van der Waals surface area contributed by atoms with Gasteiger partial charge in [-0.1, -0.05) is 206 Å². The van der Waals surface area contributed by atoms with Crippen molar-refractivity contribution in [1.29, 1.82) is 0 Å². The van der Waals surface area contributed by atoms with Gasteiger partial charge in [0.25, 0.3) is 0 Å². The molecule has 0 amide bonds. The highest BCUT2D eigenvalue weighted by atomic mass is 16.6. The molecule has 0 heterocycles. The van der Waals surface area contributed by atoms with Gasteiger partial charge in [0.15, 0.2) is 6.10 Å². The summed E-state index contributed by atoms with van der Waals surface area (Å²) in [5.41, 5.74) is 0. The van der Waals surface area contributed by atoms with E-state index in [2.05, 4.69) is 118 Å². The van der Waals surface area contributed by atoms with Gasteiger partial charge >= 0.3 is 17.9 Å². The van der Waals surface area contributed by atoms with Crippen LogP contribution in [0.25, 0.3) is 0 Å². The molecule has 6 nitrogen and oxygen atoms in total. The van der Waals surface area contributed by atoms with Gasteiger partial charge in [0, 0.05) is 19.3 Å². The molecule has 0 spiro atoms. The zero-order chi connectivity index (χ0) is 46.5. The Morgan fingerprint density at radius 2 is 0.703 bits per heavy atom. The van der Waals surface area contributed by atoms with Crippen molar-refractivity contribution >= 4 is 17.9 Å². The Hall–Kier alpha value is -4.19. The first kappa shape index (κ1) is 59.8. The number of carbonyl (C=O) groups is 3. The summed E-state index contributed by atoms with van der Waals surface area (Å²) in [6, 6.07) is 0. The highest BCUT2D eigenvalue weighted by Gasteiger charge is 2.19. The maximum absolute atomic E-state index is 12.8. The number of ether oxygens (including phenoxy) is 3. The molecule has 0 radical (unpaired) electrons. The standard InChI is InChI=1S/C58H92O6/c1-4-7-10-13-16-19-22-25-28-29-31-33-36-39-42-45-48-51-57(60)63-54-55(53-62-56(59)50-47-44-41-38-35-32-27-24-21-18-15-12-9-6-3)64-58(61)52-49-46-43-40-37-34-30-26-23-20-17-14-11-8-5-2/h8-9,11-12,14,17-18,20-21,23,25-28,30-33,39,42,55H,4-7,10,13,15-16,19,22,24,29,34-38,40-41,43-54H2,1-3H3/b11-8-,12-9-,17-14-,21-18-,23-20-,28-25-,30-26-,32-27-,33-31-,42-39-. The molecule has 0 saturated carbocycles. The first-order valence-electron chi connectivity index (χ1n) is 25.6. The van der Waals surface area contributed by atoms with Gasteiger partial charge in [0.1, 0.15) is 13.2 Å². The molecule has 0 fully saturated rings. The number of esters is 3. The molecule has 0 aliphatic carbocycles. The van der Waals surface area contributed by atoms with Crippen LogP contribution in [0.2, 0.25) is 0 Å². The van der Waals surface area contributed by atoms with Gasteiger partial charge < -0.3 is 14.2 Å². The second-order valence-electron chi connectivity index (χ2n) is 16.4. The van der Waals surface area contributed by atoms with Crippen molar-refractivity contribution in [3.05, 3.63) is 122 Å². The van der Waals surface area contributed by atoms with Gasteiger partial charge in [0.05, 0.1) is 0 Å². The topological polar surface area (TPSA) is 78.9 Å². The van der Waals surface area contributed by atoms with E-state index < -0.39 is 6.10 Å². The number of carbonyl (C=O) groups excluding carboxylic acids is 3. The highest BCUT2D eigenvalue weighted by molar-refractivity contribution is 5.71. The summed E-state index contributed by atoms with van der Waals surface area (Å²) in [7, 11) is 0. The Morgan fingerprint density at radius 1 is 0.344 bits per heavy atom. The summed E-state index contributed by atoms with van der Waals surface area (Å²) >= 11 is 0. The monoisotopic (exact) mass is 885 g/mol. The van der Waals surface area contributed by atoms with Gasteiger partial charge in [-0.3, -0.25) is 14.4 Å². The van der Waals surface area contributed by atoms with Crippen LogP contribution < -0.4 is 0 Å². The smallest absolute Gasteiger partial charge is 0.306 e. The van der Waals surface area contributed by atoms with E-state index in [0.29, 0.717) is 12.8 Å². The van der Waals surface area contributed by atoms with E-state index >= 15 is 0 Å². The van der Waals surface area contributed by atoms with Crippen LogP contribution in [0.5, 0.6) is 0 Å². The van der Waals surface area contributed by atoms with Gasteiger partial charge in [-0.15, -0.1) is 0 Å². The fraction of sp³-hybridized carbons (Fsp3) is 0.603. The predicted molar refractivity (Wildman–Crippen MR) is 274 cm³/mol. The molecule has 6 heteroatoms. The Balaban J connectivity index is 4.56. The first-order valence-corrected chi connectivity index (χ1v) is 25.6. The van der Waals surface area contributed by atoms with Gasteiger partial charge in [-0.2, -0.15) is 0 Å². The highest BCUT2D eigenvalue weighted by Crippen LogP contribution is 2.12. The quantitative estimate of drug-likeness (QED) is 0.0199. The summed E-state index contributed by atoms with van der Waals surface area (Å²) in [6.07, 6.45) is 70.4. The van der Waals surface area contributed by atoms with Crippen LogP contribution in [0, 0.1) is 0 Å². The summed E-state index contributed by atoms with van der Waals surface area (Å²) in [6.45, 7) is 6.27. The van der Waals surface area contributed by atoms with Crippen molar-refractivity contribution in [1.82, 2.24) is 0 Å². The second kappa shape index (κ2) is 51.4. The molecule has 0 bridgehead atoms. The van der Waals surface area contributed by atoms with Crippen molar-refractivity contribution < 1.29 is 28.6 Å². The summed E-state index contributed by atoms with van der Waals surface area (Å²) < 4.78 is 16.7. The average molecular weight is 885 g/mol. The Bertz CT molecular complexity index is 1390. The Kier molecular flexibility index (Phi) is 48.1. The third-order valence-electron chi connectivity index (χ3n) is 10.3. The van der Waals surface area contributed by atoms with Crippen LogP contribution in [-0.4, -0.2) is 37.2 Å². The van der Waals surface area contributed by atoms with E-state index in [9.17, 15) is 14.4 Å². The molecule has 0 aliphatic rings. The lowest BCUT2D eigenvalue weighted by Crippen LogP contribution is -2.30. The van der Waals surface area contributed by atoms with Gasteiger partial charge in [0.2, 0.25) is 0 Å². The molecule has 0 aromatic rings. The van der Waals surface area contributed by atoms with Crippen LogP contribution in [0.15, 0.2) is 122 Å². The molecular weight excluding hydrogens is 793 g/mol. The average Bonchev–Trinajstić information content (AvgIpc) is 3.29. The Labute approximate surface area is 392 Å². The van der Waals surface area contributed by atoms with E-state index in [0.717, 1.165) is 116 Å². The lowest BCUT2D eigenvalue weighted by molar-refractivity contribution is -0.167. The molecule has 64 heavy (non-hydrogen) atoms. The maximum Gasteiger partial charge on any atom is 0.306 e. The number of hydrogen-bond acceptors (Lipinski definition) is 6. The van der Waals surface area contributed by atoms with Gasteiger partial charge in [-0.05, 0) is 103 Å². The number of hydrogen-bond donors (Lipinski definition) is 0. The molecular formula is C58H92O6. The molecule has 1 unspecified atom stereocenters. The van der Waals surface area contributed by atoms with Crippen molar-refractivity contribution in [2.45, 2.75) is 213 Å². The zero-order valence-electron chi connectivity index (χ0n) is 41.0. The third-order valence-corrected chi connectivity index (χ3v) is 10.3. The third kappa shape index (κ3) is 48.8. The molecule has 0 aromatic heterocycles. The minimum atomic E-state index is -0.823. The fourth-order valence-electron chi connectivity index (χ4n) is 6.48. The molecule has 0 saturated heterocycles. The largest absolute Gasteiger partial charge is 0.462 e. The molecule has 360 valence electrons. The van der Waals surface area contributed by atoms with Crippen molar-refractivity contribution in [2.75, 3.05) is 13.2 Å². The van der Waals surface area contributed by atoms with Crippen LogP contribution in [-0.2, 0) is 28.6 Å². The molecule has 0 N–H and O–H groups in total. The van der Waals surface area contributed by atoms with Crippen molar-refractivity contribution in [2.24, 2.45) is 0 Å². The molecule has 0 aromatic carbocycles. The predicted octanol–water partition coefficient (Wildman–Crippen LogP) is 16.9. The van der Waals surface area contributed by atoms with Crippen LogP contribution in [0.1, 0.15) is 207 Å². The maximum atomic E-state index is 12.8. The summed E-state index contributed by atoms with van der Waals surface area (Å²) in [5, 5.41) is 0. The minimum Gasteiger partial charge on any atom is -0.462 e. The van der Waals surface area contributed by atoms with Crippen LogP contribution in [0.4, 0.5) is 0 Å². The normalized spacial score (nSPS) is 13.1. The van der Waals surface area contributed by atoms with E-state index in [-0.39, 0.29) is 44.0 Å². The molecule has 0 aliphatic heterocycles.